The number of nitrogens with zero attached hydrogens (tertiary/aromatic N) is 1. The molecule has 5 nitrogen and oxygen atoms in total. The maximum Gasteiger partial charge on any atom is 0.410 e. The Hall–Kier alpha value is -2.51. The second-order valence-electron chi connectivity index (χ2n) is 7.17. The molecule has 2 aromatic carbocycles. The van der Waals surface area contributed by atoms with Gasteiger partial charge < -0.3 is 20.1 Å². The lowest BCUT2D eigenvalue weighted by molar-refractivity contribution is 0.0101. The van der Waals surface area contributed by atoms with Crippen LogP contribution in [0, 0.1) is 11.6 Å². The molecule has 2 atom stereocenters. The van der Waals surface area contributed by atoms with Crippen LogP contribution in [-0.2, 0) is 4.74 Å². The van der Waals surface area contributed by atoms with Crippen LogP contribution in [0.3, 0.4) is 0 Å². The molecule has 1 heterocycles. The van der Waals surface area contributed by atoms with Crippen molar-refractivity contribution in [3.05, 3.63) is 59.7 Å². The number of aliphatic hydroxyl groups excluding tert-OH is 1. The number of benzene rings is 2. The molecule has 1 aliphatic heterocycles. The molecule has 0 bridgehead atoms. The van der Waals surface area contributed by atoms with Crippen LogP contribution in [0.1, 0.15) is 31.4 Å². The van der Waals surface area contributed by atoms with Gasteiger partial charge in [0.25, 0.3) is 0 Å². The molecule has 0 aliphatic carbocycles. The molecule has 1 saturated heterocycles. The smallest absolute Gasteiger partial charge is 0.410 e. The fourth-order valence-electron chi connectivity index (χ4n) is 3.51. The maximum absolute atomic E-state index is 14.0. The summed E-state index contributed by atoms with van der Waals surface area (Å²) in [6.45, 7) is 3.83. The summed E-state index contributed by atoms with van der Waals surface area (Å²) in [4.78, 5) is 14.1. The number of aliphatic hydroxyl groups is 1. The average molecular weight is 404 g/mol. The third-order valence-electron chi connectivity index (χ3n) is 5.23. The number of ether oxygens (including phenoxy) is 1. The molecule has 0 saturated carbocycles. The predicted molar refractivity (Wildman–Crippen MR) is 106 cm³/mol. The van der Waals surface area contributed by atoms with E-state index >= 15 is 0 Å². The van der Waals surface area contributed by atoms with Crippen molar-refractivity contribution >= 4 is 6.09 Å². The van der Waals surface area contributed by atoms with Gasteiger partial charge in [-0.3, -0.25) is 0 Å². The van der Waals surface area contributed by atoms with Gasteiger partial charge in [0.15, 0.2) is 0 Å². The van der Waals surface area contributed by atoms with Gasteiger partial charge in [0.1, 0.15) is 17.7 Å². The number of hydrogen-bond donors (Lipinski definition) is 2. The summed E-state index contributed by atoms with van der Waals surface area (Å²) in [7, 11) is 0. The Morgan fingerprint density at radius 3 is 2.62 bits per heavy atom. The fraction of sp³-hybridized carbons (Fsp3) is 0.409. The largest absolute Gasteiger partial charge is 0.446 e. The van der Waals surface area contributed by atoms with Crippen LogP contribution in [0.4, 0.5) is 13.6 Å². The third kappa shape index (κ3) is 5.31. The fourth-order valence-corrected chi connectivity index (χ4v) is 3.51. The Labute approximate surface area is 169 Å². The van der Waals surface area contributed by atoms with Crippen LogP contribution in [0.2, 0.25) is 0 Å². The number of cyclic esters (lactones) is 1. The van der Waals surface area contributed by atoms with Gasteiger partial charge in [0, 0.05) is 31.1 Å². The molecule has 7 heteroatoms. The van der Waals surface area contributed by atoms with Crippen molar-refractivity contribution in [1.29, 1.82) is 0 Å². The van der Waals surface area contributed by atoms with Crippen molar-refractivity contribution in [2.45, 2.75) is 31.9 Å². The summed E-state index contributed by atoms with van der Waals surface area (Å²) in [5.74, 6) is -1.22. The van der Waals surface area contributed by atoms with Crippen molar-refractivity contribution in [1.82, 2.24) is 10.2 Å². The van der Waals surface area contributed by atoms with Gasteiger partial charge in [-0.05, 0) is 43.1 Å². The van der Waals surface area contributed by atoms with Gasteiger partial charge in [0.05, 0.1) is 12.6 Å². The minimum Gasteiger partial charge on any atom is -0.446 e. The van der Waals surface area contributed by atoms with E-state index in [-0.39, 0.29) is 24.8 Å². The lowest BCUT2D eigenvalue weighted by Gasteiger charge is -2.36. The van der Waals surface area contributed by atoms with Crippen LogP contribution in [0.15, 0.2) is 42.5 Å². The normalized spacial score (nSPS) is 17.9. The molecule has 2 unspecified atom stereocenters. The van der Waals surface area contributed by atoms with E-state index < -0.39 is 11.6 Å². The lowest BCUT2D eigenvalue weighted by Crippen LogP contribution is -2.44. The Morgan fingerprint density at radius 2 is 1.97 bits per heavy atom. The topological polar surface area (TPSA) is 61.8 Å². The average Bonchev–Trinajstić information content (AvgIpc) is 2.71. The highest BCUT2D eigenvalue weighted by Gasteiger charge is 2.30. The number of hydrogen-bond acceptors (Lipinski definition) is 4. The molecule has 3 rings (SSSR count). The Morgan fingerprint density at radius 1 is 1.21 bits per heavy atom. The molecule has 0 radical (unpaired) electrons. The number of carbonyl (C=O) groups excluding carboxylic acids is 1. The van der Waals surface area contributed by atoms with Crippen LogP contribution < -0.4 is 5.32 Å². The van der Waals surface area contributed by atoms with Crippen molar-refractivity contribution < 1.29 is 23.4 Å². The number of halogens is 2. The Balaban J connectivity index is 1.60. The minimum atomic E-state index is -0.609. The molecule has 0 aromatic heterocycles. The highest BCUT2D eigenvalue weighted by Crippen LogP contribution is 2.29. The van der Waals surface area contributed by atoms with Crippen molar-refractivity contribution in [2.24, 2.45) is 0 Å². The van der Waals surface area contributed by atoms with E-state index in [9.17, 15) is 13.6 Å². The Bertz CT molecular complexity index is 829. The summed E-state index contributed by atoms with van der Waals surface area (Å²) in [6, 6.07) is 10.6. The maximum atomic E-state index is 14.0. The second-order valence-corrected chi connectivity index (χ2v) is 7.17. The zero-order valence-corrected chi connectivity index (χ0v) is 16.4. The first-order valence-electron chi connectivity index (χ1n) is 9.84. The molecule has 156 valence electrons. The summed E-state index contributed by atoms with van der Waals surface area (Å²) in [5, 5.41) is 11.8. The highest BCUT2D eigenvalue weighted by molar-refractivity contribution is 5.69. The SMILES string of the molecule is CC(c1ccc(-c2ccc(F)cc2F)cc1)N1CCC(CCNCCO)OC1=O. The molecule has 1 aliphatic rings. The van der Waals surface area contributed by atoms with Gasteiger partial charge in [-0.2, -0.15) is 0 Å². The van der Waals surface area contributed by atoms with E-state index in [1.165, 1.54) is 12.1 Å². The molecule has 1 amide bonds. The summed E-state index contributed by atoms with van der Waals surface area (Å²) >= 11 is 0. The molecule has 2 N–H and O–H groups in total. The first-order valence-corrected chi connectivity index (χ1v) is 9.84. The number of nitrogens with one attached hydrogen (secondary N) is 1. The van der Waals surface area contributed by atoms with Gasteiger partial charge in [-0.1, -0.05) is 24.3 Å². The van der Waals surface area contributed by atoms with Gasteiger partial charge in [0.2, 0.25) is 0 Å². The highest BCUT2D eigenvalue weighted by atomic mass is 19.1. The van der Waals surface area contributed by atoms with E-state index in [1.807, 2.05) is 19.1 Å². The molecule has 2 aromatic rings. The van der Waals surface area contributed by atoms with Crippen molar-refractivity contribution in [3.8, 4) is 11.1 Å². The third-order valence-corrected chi connectivity index (χ3v) is 5.23. The van der Waals surface area contributed by atoms with E-state index in [0.29, 0.717) is 37.2 Å². The van der Waals surface area contributed by atoms with E-state index in [0.717, 1.165) is 18.1 Å². The van der Waals surface area contributed by atoms with Gasteiger partial charge in [-0.25, -0.2) is 13.6 Å². The molecule has 1 fully saturated rings. The second kappa shape index (κ2) is 9.80. The molecule has 0 spiro atoms. The molecule has 29 heavy (non-hydrogen) atoms. The number of rotatable bonds is 8. The zero-order chi connectivity index (χ0) is 20.8. The van der Waals surface area contributed by atoms with Crippen molar-refractivity contribution in [2.75, 3.05) is 26.2 Å². The van der Waals surface area contributed by atoms with Crippen LogP contribution in [0.25, 0.3) is 11.1 Å². The van der Waals surface area contributed by atoms with Crippen LogP contribution >= 0.6 is 0 Å². The number of carbonyl (C=O) groups is 1. The van der Waals surface area contributed by atoms with E-state index in [2.05, 4.69) is 5.32 Å². The summed E-state index contributed by atoms with van der Waals surface area (Å²) in [5.41, 5.74) is 1.90. The first-order chi connectivity index (χ1) is 14.0. The van der Waals surface area contributed by atoms with Crippen LogP contribution in [-0.4, -0.2) is 48.4 Å². The predicted octanol–water partition coefficient (Wildman–Crippen LogP) is 3.88. The van der Waals surface area contributed by atoms with Gasteiger partial charge >= 0.3 is 6.09 Å². The number of amides is 1. The molecular formula is C22H26F2N2O3. The van der Waals surface area contributed by atoms with E-state index in [4.69, 9.17) is 9.84 Å². The van der Waals surface area contributed by atoms with Crippen molar-refractivity contribution in [3.63, 3.8) is 0 Å². The Kier molecular flexibility index (Phi) is 7.17. The summed E-state index contributed by atoms with van der Waals surface area (Å²) in [6.07, 6.45) is 0.993. The minimum absolute atomic E-state index is 0.0857. The molecular weight excluding hydrogens is 378 g/mol. The monoisotopic (exact) mass is 404 g/mol. The first kappa shape index (κ1) is 21.2. The van der Waals surface area contributed by atoms with Gasteiger partial charge in [-0.15, -0.1) is 0 Å². The lowest BCUT2D eigenvalue weighted by atomic mass is 10.00. The summed E-state index contributed by atoms with van der Waals surface area (Å²) < 4.78 is 32.6. The zero-order valence-electron chi connectivity index (χ0n) is 16.4. The van der Waals surface area contributed by atoms with E-state index in [1.54, 1.807) is 17.0 Å². The standard InChI is InChI=1S/C22H26F2N2O3/c1-15(26-12-9-19(29-22(26)28)8-10-25-11-13-27)16-2-4-17(5-3-16)20-7-6-18(23)14-21(20)24/h2-7,14-15,19,25,27H,8-13H2,1H3. The quantitative estimate of drug-likeness (QED) is 0.656. The van der Waals surface area contributed by atoms with Crippen LogP contribution in [0.5, 0.6) is 0 Å².